The van der Waals surface area contributed by atoms with E-state index in [9.17, 15) is 0 Å². The predicted octanol–water partition coefficient (Wildman–Crippen LogP) is -0.377. The van der Waals surface area contributed by atoms with Crippen LogP contribution < -0.4 is 0 Å². The Labute approximate surface area is 69.5 Å². The van der Waals surface area contributed by atoms with Crippen LogP contribution in [-0.4, -0.2) is 9.79 Å². The summed E-state index contributed by atoms with van der Waals surface area (Å²) in [5.41, 5.74) is 0. The molecule has 6 heavy (non-hydrogen) atoms. The first-order valence-corrected chi connectivity index (χ1v) is 1.75. The largest absolute Gasteiger partial charge is 0.692 e. The van der Waals surface area contributed by atoms with Crippen LogP contribution >= 0.6 is 8.25 Å². The summed E-state index contributed by atoms with van der Waals surface area (Å²) < 4.78 is 8.70. The Morgan fingerprint density at radius 1 is 1.33 bits per heavy atom. The van der Waals surface area contributed by atoms with E-state index in [1.807, 2.05) is 0 Å². The van der Waals surface area contributed by atoms with Gasteiger partial charge in [0.1, 0.15) is 0 Å². The molecule has 38 valence electrons. The van der Waals surface area contributed by atoms with Crippen molar-refractivity contribution in [2.24, 2.45) is 0 Å². The molecule has 0 amide bonds. The Morgan fingerprint density at radius 2 is 1.33 bits per heavy atom. The maximum atomic E-state index is 8.70. The van der Waals surface area contributed by atoms with E-state index in [-0.39, 0.29) is 47.3 Å². The SMILES string of the molecule is O=[P+](O)O.[Pt].[Zr]. The van der Waals surface area contributed by atoms with Crippen molar-refractivity contribution in [3.05, 3.63) is 0 Å². The Balaban J connectivity index is -0.0000000450. The molecule has 0 fully saturated rings. The van der Waals surface area contributed by atoms with Crippen molar-refractivity contribution in [1.82, 2.24) is 0 Å². The molecule has 0 bridgehead atoms. The fourth-order valence-corrected chi connectivity index (χ4v) is 0. The summed E-state index contributed by atoms with van der Waals surface area (Å²) in [7, 11) is -2.87. The maximum Gasteiger partial charge on any atom is 0.692 e. The van der Waals surface area contributed by atoms with Crippen molar-refractivity contribution in [3.8, 4) is 0 Å². The summed E-state index contributed by atoms with van der Waals surface area (Å²) in [6.45, 7) is 0. The standard InChI is InChI=1S/HO3P.Pt.Zr/c1-4(2)3;;/h(H-,1,2,3);;/p+1. The van der Waals surface area contributed by atoms with E-state index in [1.165, 1.54) is 0 Å². The minimum Gasteiger partial charge on any atom is -0.134 e. The van der Waals surface area contributed by atoms with Gasteiger partial charge < -0.3 is 0 Å². The Hall–Kier alpha value is 1.59. The van der Waals surface area contributed by atoms with Gasteiger partial charge in [0, 0.05) is 51.8 Å². The molecule has 0 aromatic rings. The Kier molecular flexibility index (Phi) is 25.5. The zero-order valence-electron chi connectivity index (χ0n) is 2.57. The van der Waals surface area contributed by atoms with Gasteiger partial charge in [0.2, 0.25) is 0 Å². The minimum atomic E-state index is -2.87. The topological polar surface area (TPSA) is 57.5 Å². The zero-order chi connectivity index (χ0) is 3.58. The Morgan fingerprint density at radius 3 is 1.33 bits per heavy atom. The van der Waals surface area contributed by atoms with Gasteiger partial charge in [-0.25, -0.2) is 0 Å². The van der Waals surface area contributed by atoms with Crippen LogP contribution in [0.1, 0.15) is 0 Å². The van der Waals surface area contributed by atoms with Crippen LogP contribution in [0.2, 0.25) is 0 Å². The van der Waals surface area contributed by atoms with E-state index in [2.05, 4.69) is 0 Å². The van der Waals surface area contributed by atoms with Crippen LogP contribution in [0.15, 0.2) is 0 Å². The molecule has 0 saturated heterocycles. The smallest absolute Gasteiger partial charge is 0.134 e. The van der Waals surface area contributed by atoms with Gasteiger partial charge in [0.25, 0.3) is 0 Å². The average molecular weight is 367 g/mol. The van der Waals surface area contributed by atoms with Gasteiger partial charge in [-0.3, -0.25) is 0 Å². The molecule has 0 aromatic carbocycles. The van der Waals surface area contributed by atoms with E-state index in [4.69, 9.17) is 14.4 Å². The van der Waals surface area contributed by atoms with Crippen molar-refractivity contribution in [3.63, 3.8) is 0 Å². The van der Waals surface area contributed by atoms with E-state index in [1.54, 1.807) is 0 Å². The molecule has 0 atom stereocenters. The third-order valence-electron chi connectivity index (χ3n) is 0. The summed E-state index contributed by atoms with van der Waals surface area (Å²) in [6.07, 6.45) is 0. The van der Waals surface area contributed by atoms with E-state index >= 15 is 0 Å². The van der Waals surface area contributed by atoms with E-state index in [0.717, 1.165) is 0 Å². The predicted molar refractivity (Wildman–Crippen MR) is 12.0 cm³/mol. The van der Waals surface area contributed by atoms with Crippen LogP contribution in [0.4, 0.5) is 0 Å². The molecule has 0 radical (unpaired) electrons. The number of hydrogen-bond donors (Lipinski definition) is 2. The van der Waals surface area contributed by atoms with Gasteiger partial charge in [-0.15, -0.1) is 9.79 Å². The molecule has 0 aliphatic rings. The first kappa shape index (κ1) is 15.6. The third kappa shape index (κ3) is 46.5. The first-order chi connectivity index (χ1) is 1.73. The summed E-state index contributed by atoms with van der Waals surface area (Å²) in [6, 6.07) is 0. The second-order valence-corrected chi connectivity index (χ2v) is 0.758. The minimum absolute atomic E-state index is 0. The number of rotatable bonds is 0. The molecular weight excluding hydrogens is 365 g/mol. The van der Waals surface area contributed by atoms with Crippen molar-refractivity contribution < 1.29 is 61.6 Å². The van der Waals surface area contributed by atoms with Crippen LogP contribution in [0, 0.1) is 0 Å². The third-order valence-corrected chi connectivity index (χ3v) is 0. The summed E-state index contributed by atoms with van der Waals surface area (Å²) in [5, 5.41) is 0. The van der Waals surface area contributed by atoms with Crippen LogP contribution in [0.25, 0.3) is 0 Å². The fourth-order valence-electron chi connectivity index (χ4n) is 0. The quantitative estimate of drug-likeness (QED) is 0.574. The molecule has 0 aromatic heterocycles. The van der Waals surface area contributed by atoms with Crippen molar-refractivity contribution >= 4 is 8.25 Å². The van der Waals surface area contributed by atoms with Crippen LogP contribution in [-0.2, 0) is 51.8 Å². The van der Waals surface area contributed by atoms with Gasteiger partial charge >= 0.3 is 8.25 Å². The Bertz CT molecular complexity index is 33.8. The first-order valence-electron chi connectivity index (χ1n) is 0.583. The molecule has 2 N–H and O–H groups in total. The average Bonchev–Trinajstić information content (AvgIpc) is 0.811. The van der Waals surface area contributed by atoms with Gasteiger partial charge in [-0.05, 0) is 0 Å². The molecule has 0 rings (SSSR count). The van der Waals surface area contributed by atoms with Crippen LogP contribution in [0.3, 0.4) is 0 Å². The molecule has 0 aliphatic carbocycles. The number of hydrogen-bond acceptors (Lipinski definition) is 1. The van der Waals surface area contributed by atoms with Gasteiger partial charge in [0.05, 0.1) is 0 Å². The van der Waals surface area contributed by atoms with Gasteiger partial charge in [-0.2, -0.15) is 0 Å². The van der Waals surface area contributed by atoms with Crippen molar-refractivity contribution in [2.45, 2.75) is 0 Å². The van der Waals surface area contributed by atoms with E-state index < -0.39 is 8.25 Å². The molecule has 6 heteroatoms. The van der Waals surface area contributed by atoms with Gasteiger partial charge in [0.15, 0.2) is 0 Å². The second-order valence-electron chi connectivity index (χ2n) is 0.253. The normalized spacial score (nSPS) is 4.33. The van der Waals surface area contributed by atoms with Crippen molar-refractivity contribution in [2.75, 3.05) is 0 Å². The molecular formula is H2O3PPtZr+. The molecule has 0 saturated carbocycles. The monoisotopic (exact) mass is 366 g/mol. The fraction of sp³-hybridized carbons (Fsp3) is 0. The molecule has 0 aliphatic heterocycles. The zero-order valence-corrected chi connectivity index (χ0v) is 8.19. The molecule has 0 spiro atoms. The summed E-state index contributed by atoms with van der Waals surface area (Å²) in [5.74, 6) is 0. The summed E-state index contributed by atoms with van der Waals surface area (Å²) >= 11 is 0. The molecule has 0 unspecified atom stereocenters. The molecule has 3 nitrogen and oxygen atoms in total. The van der Waals surface area contributed by atoms with Gasteiger partial charge in [-0.1, -0.05) is 0 Å². The molecule has 0 heterocycles. The summed E-state index contributed by atoms with van der Waals surface area (Å²) in [4.78, 5) is 14.2. The van der Waals surface area contributed by atoms with E-state index in [0.29, 0.717) is 0 Å². The maximum absolute atomic E-state index is 8.70. The van der Waals surface area contributed by atoms with Crippen LogP contribution in [0.5, 0.6) is 0 Å². The second kappa shape index (κ2) is 9.78. The van der Waals surface area contributed by atoms with Crippen molar-refractivity contribution in [1.29, 1.82) is 0 Å².